The van der Waals surface area contributed by atoms with Gasteiger partial charge in [0, 0.05) is 11.6 Å². The Labute approximate surface area is 116 Å². The van der Waals surface area contributed by atoms with Crippen molar-refractivity contribution in [1.82, 2.24) is 5.32 Å². The van der Waals surface area contributed by atoms with Crippen molar-refractivity contribution in [3.8, 4) is 0 Å². The van der Waals surface area contributed by atoms with Crippen molar-refractivity contribution in [1.29, 1.82) is 0 Å². The molecule has 1 aliphatic rings. The van der Waals surface area contributed by atoms with Crippen molar-refractivity contribution < 1.29 is 14.3 Å². The van der Waals surface area contributed by atoms with Gasteiger partial charge in [0.2, 0.25) is 0 Å². The smallest absolute Gasteiger partial charge is 0.254 e. The number of nitrogens with one attached hydrogen (secondary N) is 1. The monoisotopic (exact) mass is 285 g/mol. The molecule has 19 heavy (non-hydrogen) atoms. The van der Waals surface area contributed by atoms with E-state index in [-0.39, 0.29) is 18.0 Å². The van der Waals surface area contributed by atoms with E-state index in [0.717, 1.165) is 31.7 Å². The van der Waals surface area contributed by atoms with E-state index >= 15 is 0 Å². The van der Waals surface area contributed by atoms with Crippen LogP contribution in [0.2, 0.25) is 5.02 Å². The third-order valence-electron chi connectivity index (χ3n) is 3.59. The van der Waals surface area contributed by atoms with Crippen LogP contribution in [0.5, 0.6) is 0 Å². The molecule has 2 rings (SSSR count). The highest BCUT2D eigenvalue weighted by Crippen LogP contribution is 2.27. The minimum Gasteiger partial charge on any atom is -0.391 e. The Morgan fingerprint density at radius 2 is 2.16 bits per heavy atom. The lowest BCUT2D eigenvalue weighted by Gasteiger charge is -2.18. The molecule has 0 spiro atoms. The number of halogens is 2. The van der Waals surface area contributed by atoms with Crippen molar-refractivity contribution >= 4 is 17.5 Å². The number of carbonyl (C=O) groups excluding carboxylic acids is 1. The molecule has 1 saturated carbocycles. The molecule has 1 fully saturated rings. The summed E-state index contributed by atoms with van der Waals surface area (Å²) in [5.74, 6) is -0.918. The van der Waals surface area contributed by atoms with Crippen molar-refractivity contribution in [2.24, 2.45) is 5.92 Å². The molecular weight excluding hydrogens is 269 g/mol. The van der Waals surface area contributed by atoms with Crippen LogP contribution in [0.3, 0.4) is 0 Å². The molecule has 1 amide bonds. The second kappa shape index (κ2) is 6.35. The summed E-state index contributed by atoms with van der Waals surface area (Å²) in [6.07, 6.45) is 3.66. The molecule has 1 atom stereocenters. The van der Waals surface area contributed by atoms with Crippen LogP contribution >= 0.6 is 11.6 Å². The number of aliphatic hydroxyl groups excluding tert-OH is 1. The second-order valence-corrected chi connectivity index (χ2v) is 5.38. The predicted molar refractivity (Wildman–Crippen MR) is 71.7 cm³/mol. The van der Waals surface area contributed by atoms with Crippen LogP contribution in [0.25, 0.3) is 0 Å². The van der Waals surface area contributed by atoms with Crippen LogP contribution in [0.1, 0.15) is 36.0 Å². The largest absolute Gasteiger partial charge is 0.391 e. The summed E-state index contributed by atoms with van der Waals surface area (Å²) < 4.78 is 13.5. The topological polar surface area (TPSA) is 49.3 Å². The van der Waals surface area contributed by atoms with Gasteiger partial charge < -0.3 is 10.4 Å². The van der Waals surface area contributed by atoms with Crippen LogP contribution in [0.4, 0.5) is 4.39 Å². The number of rotatable bonds is 4. The lowest BCUT2D eigenvalue weighted by molar-refractivity contribution is 0.0837. The molecule has 1 aliphatic carbocycles. The zero-order valence-corrected chi connectivity index (χ0v) is 11.3. The Balaban J connectivity index is 1.91. The summed E-state index contributed by atoms with van der Waals surface area (Å²) in [6.45, 7) is 0.148. The van der Waals surface area contributed by atoms with Crippen molar-refractivity contribution in [3.63, 3.8) is 0 Å². The molecule has 0 radical (unpaired) electrons. The van der Waals surface area contributed by atoms with Gasteiger partial charge in [-0.25, -0.2) is 4.39 Å². The van der Waals surface area contributed by atoms with E-state index in [1.165, 1.54) is 12.1 Å². The van der Waals surface area contributed by atoms with E-state index in [0.29, 0.717) is 5.02 Å². The van der Waals surface area contributed by atoms with Gasteiger partial charge in [0.05, 0.1) is 11.7 Å². The van der Waals surface area contributed by atoms with Gasteiger partial charge in [-0.15, -0.1) is 0 Å². The molecule has 0 saturated heterocycles. The molecule has 0 aromatic heterocycles. The molecular formula is C14H17ClFNO2. The SMILES string of the molecule is O=C(NCC(O)C1CCCC1)c1cc(Cl)ccc1F. The molecule has 2 N–H and O–H groups in total. The first kappa shape index (κ1) is 14.3. The molecule has 1 aromatic rings. The van der Waals surface area contributed by atoms with Crippen molar-refractivity contribution in [2.45, 2.75) is 31.8 Å². The maximum Gasteiger partial charge on any atom is 0.254 e. The summed E-state index contributed by atoms with van der Waals surface area (Å²) in [7, 11) is 0. The maximum atomic E-state index is 13.5. The fourth-order valence-corrected chi connectivity index (χ4v) is 2.64. The Hall–Kier alpha value is -1.13. The second-order valence-electron chi connectivity index (χ2n) is 4.95. The Bertz CT molecular complexity index is 461. The first-order chi connectivity index (χ1) is 9.08. The Kier molecular flexibility index (Phi) is 4.77. The third kappa shape index (κ3) is 3.67. The number of hydrogen-bond donors (Lipinski definition) is 2. The molecule has 1 unspecified atom stereocenters. The number of aliphatic hydroxyl groups is 1. The highest BCUT2D eigenvalue weighted by molar-refractivity contribution is 6.30. The Morgan fingerprint density at radius 3 is 2.84 bits per heavy atom. The van der Waals surface area contributed by atoms with Gasteiger partial charge in [0.1, 0.15) is 5.82 Å². The van der Waals surface area contributed by atoms with E-state index in [1.807, 2.05) is 0 Å². The van der Waals surface area contributed by atoms with E-state index in [1.54, 1.807) is 0 Å². The van der Waals surface area contributed by atoms with Crippen LogP contribution in [-0.2, 0) is 0 Å². The molecule has 1 aromatic carbocycles. The molecule has 5 heteroatoms. The third-order valence-corrected chi connectivity index (χ3v) is 3.82. The van der Waals surface area contributed by atoms with Gasteiger partial charge in [0.25, 0.3) is 5.91 Å². The van der Waals surface area contributed by atoms with E-state index in [4.69, 9.17) is 11.6 Å². The van der Waals surface area contributed by atoms with Crippen LogP contribution in [0, 0.1) is 11.7 Å². The lowest BCUT2D eigenvalue weighted by atomic mass is 10.0. The standard InChI is InChI=1S/C14H17ClFNO2/c15-10-5-6-12(16)11(7-10)14(19)17-8-13(18)9-3-1-2-4-9/h5-7,9,13,18H,1-4,8H2,(H,17,19). The van der Waals surface area contributed by atoms with E-state index in [2.05, 4.69) is 5.32 Å². The van der Waals surface area contributed by atoms with Gasteiger partial charge in [-0.1, -0.05) is 24.4 Å². The average Bonchev–Trinajstić information content (AvgIpc) is 2.92. The predicted octanol–water partition coefficient (Wildman–Crippen LogP) is 2.76. The first-order valence-corrected chi connectivity index (χ1v) is 6.87. The number of benzene rings is 1. The van der Waals surface area contributed by atoms with E-state index in [9.17, 15) is 14.3 Å². The summed E-state index contributed by atoms with van der Waals surface area (Å²) in [4.78, 5) is 11.8. The van der Waals surface area contributed by atoms with Gasteiger partial charge in [-0.2, -0.15) is 0 Å². The molecule has 0 bridgehead atoms. The van der Waals surface area contributed by atoms with E-state index < -0.39 is 17.8 Å². The molecule has 104 valence electrons. The average molecular weight is 286 g/mol. The van der Waals surface area contributed by atoms with Crippen LogP contribution in [-0.4, -0.2) is 23.7 Å². The van der Waals surface area contributed by atoms with Gasteiger partial charge in [-0.05, 0) is 37.0 Å². The Morgan fingerprint density at radius 1 is 1.47 bits per heavy atom. The molecule has 3 nitrogen and oxygen atoms in total. The fourth-order valence-electron chi connectivity index (χ4n) is 2.47. The molecule has 0 heterocycles. The van der Waals surface area contributed by atoms with Crippen LogP contribution in [0.15, 0.2) is 18.2 Å². The van der Waals surface area contributed by atoms with Crippen molar-refractivity contribution in [3.05, 3.63) is 34.6 Å². The first-order valence-electron chi connectivity index (χ1n) is 6.49. The summed E-state index contributed by atoms with van der Waals surface area (Å²) in [5, 5.41) is 12.8. The van der Waals surface area contributed by atoms with Gasteiger partial charge in [0.15, 0.2) is 0 Å². The lowest BCUT2D eigenvalue weighted by Crippen LogP contribution is -2.35. The zero-order chi connectivity index (χ0) is 13.8. The van der Waals surface area contributed by atoms with Gasteiger partial charge >= 0.3 is 0 Å². The highest BCUT2D eigenvalue weighted by Gasteiger charge is 2.23. The minimum atomic E-state index is -0.614. The quantitative estimate of drug-likeness (QED) is 0.894. The molecule has 0 aliphatic heterocycles. The normalized spacial score (nSPS) is 17.4. The fraction of sp³-hybridized carbons (Fsp3) is 0.500. The van der Waals surface area contributed by atoms with Crippen LogP contribution < -0.4 is 5.32 Å². The minimum absolute atomic E-state index is 0.0916. The number of carbonyl (C=O) groups is 1. The summed E-state index contributed by atoms with van der Waals surface area (Å²) in [5.41, 5.74) is -0.0916. The summed E-state index contributed by atoms with van der Waals surface area (Å²) in [6, 6.07) is 3.83. The number of hydrogen-bond acceptors (Lipinski definition) is 2. The van der Waals surface area contributed by atoms with Crippen molar-refractivity contribution in [2.75, 3.05) is 6.54 Å². The zero-order valence-electron chi connectivity index (χ0n) is 10.5. The highest BCUT2D eigenvalue weighted by atomic mass is 35.5. The van der Waals surface area contributed by atoms with Gasteiger partial charge in [-0.3, -0.25) is 4.79 Å². The number of amides is 1. The summed E-state index contributed by atoms with van der Waals surface area (Å²) >= 11 is 5.73. The maximum absolute atomic E-state index is 13.5.